The Labute approximate surface area is 163 Å². The fourth-order valence-electron chi connectivity index (χ4n) is 4.21. The average molecular weight is 370 g/mol. The number of rotatable bonds is 4. The highest BCUT2D eigenvalue weighted by Crippen LogP contribution is 2.31. The maximum Gasteiger partial charge on any atom is 0.241 e. The zero-order valence-electron chi connectivity index (χ0n) is 15.6. The number of nitrogens with one attached hydrogen (secondary N) is 1. The minimum atomic E-state index is 0.0248. The summed E-state index contributed by atoms with van der Waals surface area (Å²) in [5, 5.41) is 10.0. The Balaban J connectivity index is 1.62. The molecule has 0 spiro atoms. The van der Waals surface area contributed by atoms with E-state index in [1.807, 2.05) is 65.5 Å². The molecular weight excluding hydrogens is 348 g/mol. The molecule has 0 radical (unpaired) electrons. The van der Waals surface area contributed by atoms with Crippen molar-refractivity contribution in [2.75, 3.05) is 0 Å². The SMILES string of the molecule is O=C(Cn1nc(-c2ccccc2)c2cnc3ccccc3c21)NC1CCCC1. The number of nitrogens with zero attached hydrogens (tertiary/aromatic N) is 3. The summed E-state index contributed by atoms with van der Waals surface area (Å²) in [6, 6.07) is 18.4. The van der Waals surface area contributed by atoms with Crippen LogP contribution >= 0.6 is 0 Å². The van der Waals surface area contributed by atoms with Crippen molar-refractivity contribution < 1.29 is 4.79 Å². The second kappa shape index (κ2) is 7.08. The highest BCUT2D eigenvalue weighted by atomic mass is 16.2. The van der Waals surface area contributed by atoms with Crippen LogP contribution in [0.3, 0.4) is 0 Å². The number of benzene rings is 2. The molecule has 0 unspecified atom stereocenters. The van der Waals surface area contributed by atoms with Gasteiger partial charge in [-0.05, 0) is 18.9 Å². The lowest BCUT2D eigenvalue weighted by molar-refractivity contribution is -0.122. The van der Waals surface area contributed by atoms with Crippen LogP contribution in [-0.4, -0.2) is 26.7 Å². The van der Waals surface area contributed by atoms with Gasteiger partial charge in [0.15, 0.2) is 0 Å². The predicted molar refractivity (Wildman–Crippen MR) is 111 cm³/mol. The second-order valence-corrected chi connectivity index (χ2v) is 7.46. The minimum absolute atomic E-state index is 0.0248. The molecule has 0 bridgehead atoms. The van der Waals surface area contributed by atoms with Gasteiger partial charge in [-0.25, -0.2) is 0 Å². The largest absolute Gasteiger partial charge is 0.352 e. The highest BCUT2D eigenvalue weighted by Gasteiger charge is 2.20. The Kier molecular flexibility index (Phi) is 4.28. The fraction of sp³-hybridized carbons (Fsp3) is 0.261. The molecule has 0 saturated heterocycles. The van der Waals surface area contributed by atoms with Gasteiger partial charge in [-0.15, -0.1) is 0 Å². The van der Waals surface area contributed by atoms with Gasteiger partial charge in [-0.3, -0.25) is 14.5 Å². The third kappa shape index (κ3) is 3.03. The molecule has 1 saturated carbocycles. The zero-order chi connectivity index (χ0) is 18.9. The van der Waals surface area contributed by atoms with Crippen LogP contribution in [0.2, 0.25) is 0 Å². The van der Waals surface area contributed by atoms with Gasteiger partial charge in [-0.1, -0.05) is 61.4 Å². The fourth-order valence-corrected chi connectivity index (χ4v) is 4.21. The lowest BCUT2D eigenvalue weighted by atomic mass is 10.1. The van der Waals surface area contributed by atoms with Crippen molar-refractivity contribution in [1.82, 2.24) is 20.1 Å². The van der Waals surface area contributed by atoms with E-state index in [2.05, 4.69) is 10.3 Å². The number of carbonyl (C=O) groups excluding carboxylic acids is 1. The number of hydrogen-bond acceptors (Lipinski definition) is 3. The van der Waals surface area contributed by atoms with Crippen LogP contribution in [0.15, 0.2) is 60.8 Å². The van der Waals surface area contributed by atoms with E-state index in [1.54, 1.807) is 0 Å². The van der Waals surface area contributed by atoms with Crippen LogP contribution in [0.4, 0.5) is 0 Å². The van der Waals surface area contributed by atoms with Crippen LogP contribution in [0.25, 0.3) is 33.1 Å². The number of carbonyl (C=O) groups is 1. The van der Waals surface area contributed by atoms with Crippen molar-refractivity contribution in [2.24, 2.45) is 0 Å². The number of hydrogen-bond donors (Lipinski definition) is 1. The molecule has 140 valence electrons. The van der Waals surface area contributed by atoms with Gasteiger partial charge in [0, 0.05) is 28.6 Å². The molecule has 4 aromatic rings. The van der Waals surface area contributed by atoms with Gasteiger partial charge >= 0.3 is 0 Å². The molecule has 1 aliphatic rings. The molecule has 2 aromatic heterocycles. The highest BCUT2D eigenvalue weighted by molar-refractivity contribution is 6.08. The smallest absolute Gasteiger partial charge is 0.241 e. The van der Waals surface area contributed by atoms with Crippen LogP contribution in [0, 0.1) is 0 Å². The van der Waals surface area contributed by atoms with Gasteiger partial charge < -0.3 is 5.32 Å². The van der Waals surface area contributed by atoms with Crippen LogP contribution in [0.1, 0.15) is 25.7 Å². The first-order chi connectivity index (χ1) is 13.8. The van der Waals surface area contributed by atoms with E-state index >= 15 is 0 Å². The molecule has 0 atom stereocenters. The van der Waals surface area contributed by atoms with E-state index < -0.39 is 0 Å². The summed E-state index contributed by atoms with van der Waals surface area (Å²) in [4.78, 5) is 17.3. The van der Waals surface area contributed by atoms with Crippen LogP contribution in [-0.2, 0) is 11.3 Å². The molecule has 5 rings (SSSR count). The Hall–Kier alpha value is -3.21. The number of amides is 1. The molecule has 1 N–H and O–H groups in total. The third-order valence-corrected chi connectivity index (χ3v) is 5.54. The van der Waals surface area contributed by atoms with E-state index in [0.29, 0.717) is 6.04 Å². The number of pyridine rings is 1. The molecule has 5 heteroatoms. The quantitative estimate of drug-likeness (QED) is 0.582. The summed E-state index contributed by atoms with van der Waals surface area (Å²) in [6.07, 6.45) is 6.42. The predicted octanol–water partition coefficient (Wildman–Crippen LogP) is 4.31. The monoisotopic (exact) mass is 370 g/mol. The standard InChI is InChI=1S/C23H22N4O/c28-21(25-17-10-4-5-11-17)15-27-23-18-12-6-7-13-20(18)24-14-19(23)22(26-27)16-8-2-1-3-9-16/h1-3,6-9,12-14,17H,4-5,10-11,15H2,(H,25,28). The van der Waals surface area contributed by atoms with Crippen LogP contribution < -0.4 is 5.32 Å². The second-order valence-electron chi connectivity index (χ2n) is 7.46. The Bertz CT molecular complexity index is 1140. The first kappa shape index (κ1) is 16.9. The number of para-hydroxylation sites is 1. The normalized spacial score (nSPS) is 14.7. The lowest BCUT2D eigenvalue weighted by Crippen LogP contribution is -2.35. The van der Waals surface area contributed by atoms with Gasteiger partial charge in [0.05, 0.1) is 11.0 Å². The number of fused-ring (bicyclic) bond motifs is 3. The Morgan fingerprint density at radius 2 is 1.75 bits per heavy atom. The Morgan fingerprint density at radius 1 is 1.00 bits per heavy atom. The molecule has 1 fully saturated rings. The average Bonchev–Trinajstić information content (AvgIpc) is 3.37. The zero-order valence-corrected chi connectivity index (χ0v) is 15.6. The van der Waals surface area contributed by atoms with Gasteiger partial charge in [0.1, 0.15) is 12.2 Å². The van der Waals surface area contributed by atoms with Gasteiger partial charge in [0.25, 0.3) is 0 Å². The topological polar surface area (TPSA) is 59.8 Å². The summed E-state index contributed by atoms with van der Waals surface area (Å²) < 4.78 is 1.84. The van der Waals surface area contributed by atoms with E-state index in [4.69, 9.17) is 5.10 Å². The first-order valence-electron chi connectivity index (χ1n) is 9.88. The summed E-state index contributed by atoms with van der Waals surface area (Å²) >= 11 is 0. The van der Waals surface area contributed by atoms with Crippen molar-refractivity contribution in [3.63, 3.8) is 0 Å². The summed E-state index contributed by atoms with van der Waals surface area (Å²) in [5.41, 5.74) is 3.76. The lowest BCUT2D eigenvalue weighted by Gasteiger charge is -2.12. The van der Waals surface area contributed by atoms with Gasteiger partial charge in [-0.2, -0.15) is 5.10 Å². The first-order valence-corrected chi connectivity index (χ1v) is 9.88. The maximum absolute atomic E-state index is 12.7. The van der Waals surface area contributed by atoms with E-state index in [1.165, 1.54) is 12.8 Å². The molecule has 2 heterocycles. The molecule has 5 nitrogen and oxygen atoms in total. The summed E-state index contributed by atoms with van der Waals surface area (Å²) in [5.74, 6) is 0.0248. The minimum Gasteiger partial charge on any atom is -0.352 e. The summed E-state index contributed by atoms with van der Waals surface area (Å²) in [6.45, 7) is 0.216. The van der Waals surface area contributed by atoms with E-state index in [9.17, 15) is 4.79 Å². The van der Waals surface area contributed by atoms with Crippen molar-refractivity contribution in [3.05, 3.63) is 60.8 Å². The van der Waals surface area contributed by atoms with E-state index in [0.717, 1.165) is 45.9 Å². The molecule has 2 aromatic carbocycles. The van der Waals surface area contributed by atoms with Crippen molar-refractivity contribution >= 4 is 27.7 Å². The molecule has 28 heavy (non-hydrogen) atoms. The maximum atomic E-state index is 12.7. The molecular formula is C23H22N4O. The molecule has 1 amide bonds. The summed E-state index contributed by atoms with van der Waals surface area (Å²) in [7, 11) is 0. The van der Waals surface area contributed by atoms with Crippen molar-refractivity contribution in [1.29, 1.82) is 0 Å². The van der Waals surface area contributed by atoms with Gasteiger partial charge in [0.2, 0.25) is 5.91 Å². The third-order valence-electron chi connectivity index (χ3n) is 5.54. The molecule has 1 aliphatic carbocycles. The van der Waals surface area contributed by atoms with E-state index in [-0.39, 0.29) is 12.5 Å². The number of aromatic nitrogens is 3. The van der Waals surface area contributed by atoms with Crippen LogP contribution in [0.5, 0.6) is 0 Å². The van der Waals surface area contributed by atoms with Crippen molar-refractivity contribution in [3.8, 4) is 11.3 Å². The molecule has 0 aliphatic heterocycles. The Morgan fingerprint density at radius 3 is 2.57 bits per heavy atom. The van der Waals surface area contributed by atoms with Crippen molar-refractivity contribution in [2.45, 2.75) is 38.3 Å².